The van der Waals surface area contributed by atoms with Crippen molar-refractivity contribution in [2.45, 2.75) is 32.6 Å². The normalized spacial score (nSPS) is 10.1. The first-order chi connectivity index (χ1) is 6.83. The summed E-state index contributed by atoms with van der Waals surface area (Å²) in [6.07, 6.45) is 4.98. The van der Waals surface area contributed by atoms with Crippen LogP contribution in [0.3, 0.4) is 0 Å². The summed E-state index contributed by atoms with van der Waals surface area (Å²) in [4.78, 5) is 11.3. The van der Waals surface area contributed by atoms with Gasteiger partial charge in [0.15, 0.2) is 0 Å². The maximum absolute atomic E-state index is 11.3. The lowest BCUT2D eigenvalue weighted by atomic mass is 10.2. The van der Waals surface area contributed by atoms with E-state index in [0.717, 1.165) is 25.1 Å². The maximum Gasteiger partial charge on any atom is 0.220 e. The van der Waals surface area contributed by atoms with Crippen molar-refractivity contribution in [2.75, 3.05) is 6.54 Å². The summed E-state index contributed by atoms with van der Waals surface area (Å²) >= 11 is 0. The number of hydrogen-bond donors (Lipinski definition) is 1. The van der Waals surface area contributed by atoms with Crippen molar-refractivity contribution in [3.05, 3.63) is 24.2 Å². The molecule has 0 aliphatic rings. The van der Waals surface area contributed by atoms with Crippen LogP contribution in [0.5, 0.6) is 0 Å². The Hall–Kier alpha value is -1.25. The SMILES string of the molecule is CCCCNC(=O)CCc1ccco1. The summed E-state index contributed by atoms with van der Waals surface area (Å²) in [5.41, 5.74) is 0. The van der Waals surface area contributed by atoms with Gasteiger partial charge in [0, 0.05) is 19.4 Å². The van der Waals surface area contributed by atoms with Crippen molar-refractivity contribution in [1.29, 1.82) is 0 Å². The second kappa shape index (κ2) is 6.24. The molecule has 14 heavy (non-hydrogen) atoms. The van der Waals surface area contributed by atoms with Crippen LogP contribution >= 0.6 is 0 Å². The summed E-state index contributed by atoms with van der Waals surface area (Å²) in [6.45, 7) is 2.89. The van der Waals surface area contributed by atoms with Crippen LogP contribution in [0.15, 0.2) is 22.8 Å². The summed E-state index contributed by atoms with van der Waals surface area (Å²) in [7, 11) is 0. The molecule has 0 aliphatic carbocycles. The quantitative estimate of drug-likeness (QED) is 0.706. The van der Waals surface area contributed by atoms with Crippen LogP contribution < -0.4 is 5.32 Å². The molecule has 0 saturated carbocycles. The van der Waals surface area contributed by atoms with Crippen molar-refractivity contribution in [1.82, 2.24) is 5.32 Å². The highest BCUT2D eigenvalue weighted by molar-refractivity contribution is 5.75. The Morgan fingerprint density at radius 3 is 3.07 bits per heavy atom. The lowest BCUT2D eigenvalue weighted by Crippen LogP contribution is -2.24. The van der Waals surface area contributed by atoms with Crippen LogP contribution in [-0.4, -0.2) is 12.5 Å². The molecule has 3 nitrogen and oxygen atoms in total. The van der Waals surface area contributed by atoms with E-state index in [9.17, 15) is 4.79 Å². The average Bonchev–Trinajstić information content (AvgIpc) is 2.68. The molecule has 1 heterocycles. The van der Waals surface area contributed by atoms with Crippen LogP contribution in [-0.2, 0) is 11.2 Å². The summed E-state index contributed by atoms with van der Waals surface area (Å²) in [5.74, 6) is 0.977. The molecule has 0 unspecified atom stereocenters. The Morgan fingerprint density at radius 1 is 1.57 bits per heavy atom. The standard InChI is InChI=1S/C11H17NO2/c1-2-3-8-12-11(13)7-6-10-5-4-9-14-10/h4-5,9H,2-3,6-8H2,1H3,(H,12,13). The van der Waals surface area contributed by atoms with Crippen LogP contribution in [0.4, 0.5) is 0 Å². The number of rotatable bonds is 6. The molecular formula is C11H17NO2. The number of carbonyl (C=O) groups is 1. The van der Waals surface area contributed by atoms with Gasteiger partial charge >= 0.3 is 0 Å². The zero-order chi connectivity index (χ0) is 10.2. The van der Waals surface area contributed by atoms with Gasteiger partial charge in [0.05, 0.1) is 6.26 Å². The van der Waals surface area contributed by atoms with Gasteiger partial charge in [-0.15, -0.1) is 0 Å². The van der Waals surface area contributed by atoms with Gasteiger partial charge in [-0.1, -0.05) is 13.3 Å². The second-order valence-electron chi connectivity index (χ2n) is 3.28. The highest BCUT2D eigenvalue weighted by Gasteiger charge is 2.02. The van der Waals surface area contributed by atoms with E-state index in [1.165, 1.54) is 0 Å². The van der Waals surface area contributed by atoms with Gasteiger partial charge in [-0.25, -0.2) is 0 Å². The van der Waals surface area contributed by atoms with E-state index in [4.69, 9.17) is 4.42 Å². The minimum absolute atomic E-state index is 0.106. The number of furan rings is 1. The van der Waals surface area contributed by atoms with E-state index in [1.54, 1.807) is 6.26 Å². The van der Waals surface area contributed by atoms with Crippen molar-refractivity contribution < 1.29 is 9.21 Å². The first kappa shape index (κ1) is 10.8. The van der Waals surface area contributed by atoms with Crippen molar-refractivity contribution in [2.24, 2.45) is 0 Å². The van der Waals surface area contributed by atoms with Gasteiger partial charge in [-0.05, 0) is 18.6 Å². The van der Waals surface area contributed by atoms with Crippen LogP contribution in [0.25, 0.3) is 0 Å². The molecule has 0 fully saturated rings. The lowest BCUT2D eigenvalue weighted by Gasteiger charge is -2.02. The maximum atomic E-state index is 11.3. The molecule has 0 aromatic carbocycles. The highest BCUT2D eigenvalue weighted by atomic mass is 16.3. The van der Waals surface area contributed by atoms with Gasteiger partial charge in [0.2, 0.25) is 5.91 Å². The number of carbonyl (C=O) groups excluding carboxylic acids is 1. The molecule has 0 aliphatic heterocycles. The molecule has 1 aromatic rings. The van der Waals surface area contributed by atoms with E-state index in [1.807, 2.05) is 12.1 Å². The third-order valence-electron chi connectivity index (χ3n) is 2.03. The van der Waals surface area contributed by atoms with Crippen molar-refractivity contribution >= 4 is 5.91 Å². The Balaban J connectivity index is 2.09. The number of unbranched alkanes of at least 4 members (excludes halogenated alkanes) is 1. The fourth-order valence-corrected chi connectivity index (χ4v) is 1.18. The van der Waals surface area contributed by atoms with Crippen molar-refractivity contribution in [3.8, 4) is 0 Å². The minimum Gasteiger partial charge on any atom is -0.469 e. The van der Waals surface area contributed by atoms with Crippen LogP contribution in [0.1, 0.15) is 31.9 Å². The van der Waals surface area contributed by atoms with Crippen LogP contribution in [0.2, 0.25) is 0 Å². The van der Waals surface area contributed by atoms with Gasteiger partial charge in [-0.2, -0.15) is 0 Å². The molecule has 3 heteroatoms. The molecule has 1 aromatic heterocycles. The number of aryl methyl sites for hydroxylation is 1. The molecule has 0 atom stereocenters. The molecule has 0 spiro atoms. The molecule has 1 amide bonds. The molecular weight excluding hydrogens is 178 g/mol. The molecule has 0 saturated heterocycles. The Morgan fingerprint density at radius 2 is 2.43 bits per heavy atom. The first-order valence-electron chi connectivity index (χ1n) is 5.12. The second-order valence-corrected chi connectivity index (χ2v) is 3.28. The largest absolute Gasteiger partial charge is 0.469 e. The number of amides is 1. The van der Waals surface area contributed by atoms with Gasteiger partial charge in [-0.3, -0.25) is 4.79 Å². The van der Waals surface area contributed by atoms with E-state index in [0.29, 0.717) is 12.8 Å². The summed E-state index contributed by atoms with van der Waals surface area (Å²) < 4.78 is 5.13. The van der Waals surface area contributed by atoms with Gasteiger partial charge in [0.1, 0.15) is 5.76 Å². The zero-order valence-electron chi connectivity index (χ0n) is 8.58. The molecule has 1 rings (SSSR count). The molecule has 0 radical (unpaired) electrons. The highest BCUT2D eigenvalue weighted by Crippen LogP contribution is 2.03. The predicted octanol–water partition coefficient (Wildman–Crippen LogP) is 2.13. The van der Waals surface area contributed by atoms with E-state index < -0.39 is 0 Å². The Bertz CT molecular complexity index is 254. The third-order valence-corrected chi connectivity index (χ3v) is 2.03. The summed E-state index contributed by atoms with van der Waals surface area (Å²) in [5, 5.41) is 2.87. The monoisotopic (exact) mass is 195 g/mol. The zero-order valence-corrected chi connectivity index (χ0v) is 8.58. The Kier molecular flexibility index (Phi) is 4.83. The minimum atomic E-state index is 0.106. The third kappa shape index (κ3) is 4.12. The van der Waals surface area contributed by atoms with Crippen LogP contribution in [0, 0.1) is 0 Å². The summed E-state index contributed by atoms with van der Waals surface area (Å²) in [6, 6.07) is 3.73. The topological polar surface area (TPSA) is 42.2 Å². The number of nitrogens with one attached hydrogen (secondary N) is 1. The average molecular weight is 195 g/mol. The van der Waals surface area contributed by atoms with Gasteiger partial charge in [0.25, 0.3) is 0 Å². The predicted molar refractivity (Wildman–Crippen MR) is 54.9 cm³/mol. The molecule has 1 N–H and O–H groups in total. The molecule has 0 bridgehead atoms. The van der Waals surface area contributed by atoms with E-state index >= 15 is 0 Å². The first-order valence-corrected chi connectivity index (χ1v) is 5.12. The number of hydrogen-bond acceptors (Lipinski definition) is 2. The smallest absolute Gasteiger partial charge is 0.220 e. The fourth-order valence-electron chi connectivity index (χ4n) is 1.18. The van der Waals surface area contributed by atoms with Crippen molar-refractivity contribution in [3.63, 3.8) is 0 Å². The Labute approximate surface area is 84.5 Å². The van der Waals surface area contributed by atoms with Gasteiger partial charge < -0.3 is 9.73 Å². The fraction of sp³-hybridized carbons (Fsp3) is 0.545. The van der Waals surface area contributed by atoms with E-state index in [2.05, 4.69) is 12.2 Å². The molecule has 78 valence electrons. The lowest BCUT2D eigenvalue weighted by molar-refractivity contribution is -0.121. The van der Waals surface area contributed by atoms with E-state index in [-0.39, 0.29) is 5.91 Å².